The number of aliphatic hydroxyl groups is 1. The maximum atomic E-state index is 11.3. The van der Waals surface area contributed by atoms with Gasteiger partial charge in [0, 0.05) is 6.54 Å². The minimum absolute atomic E-state index is 0.0268. The molecule has 3 unspecified atom stereocenters. The quantitative estimate of drug-likeness (QED) is 0.755. The molecule has 4 nitrogen and oxygen atoms in total. The molecule has 1 heterocycles. The van der Waals surface area contributed by atoms with Gasteiger partial charge in [-0.1, -0.05) is 12.8 Å². The second kappa shape index (κ2) is 6.53. The molecule has 0 spiro atoms. The van der Waals surface area contributed by atoms with Crippen molar-refractivity contribution in [3.05, 3.63) is 0 Å². The number of hydrogen-bond donors (Lipinski definition) is 1. The van der Waals surface area contributed by atoms with Crippen molar-refractivity contribution >= 4 is 5.97 Å². The maximum Gasteiger partial charge on any atom is 0.309 e. The van der Waals surface area contributed by atoms with Gasteiger partial charge in [0.25, 0.3) is 0 Å². The molecule has 1 saturated heterocycles. The van der Waals surface area contributed by atoms with Crippen LogP contribution in [-0.2, 0) is 9.53 Å². The van der Waals surface area contributed by atoms with Gasteiger partial charge in [-0.15, -0.1) is 0 Å². The van der Waals surface area contributed by atoms with Gasteiger partial charge in [-0.3, -0.25) is 4.79 Å². The van der Waals surface area contributed by atoms with Gasteiger partial charge in [0.05, 0.1) is 18.6 Å². The number of cyclic esters (lactones) is 1. The molecular weight excluding hydrogens is 230 g/mol. The second-order valence-electron chi connectivity index (χ2n) is 5.82. The first-order valence-electron chi connectivity index (χ1n) is 7.20. The topological polar surface area (TPSA) is 49.8 Å². The maximum absolute atomic E-state index is 11.3. The van der Waals surface area contributed by atoms with Gasteiger partial charge in [-0.25, -0.2) is 0 Å². The van der Waals surface area contributed by atoms with Crippen LogP contribution in [0, 0.1) is 11.8 Å². The molecule has 1 N–H and O–H groups in total. The Hall–Kier alpha value is -0.610. The molecule has 2 fully saturated rings. The van der Waals surface area contributed by atoms with Crippen molar-refractivity contribution in [1.29, 1.82) is 0 Å². The number of carbonyl (C=O) groups excluding carboxylic acids is 1. The summed E-state index contributed by atoms with van der Waals surface area (Å²) in [6.45, 7) is 2.46. The van der Waals surface area contributed by atoms with Crippen LogP contribution >= 0.6 is 0 Å². The van der Waals surface area contributed by atoms with Crippen LogP contribution in [0.3, 0.4) is 0 Å². The van der Waals surface area contributed by atoms with Gasteiger partial charge in [-0.05, 0) is 45.2 Å². The number of carbonyl (C=O) groups is 1. The van der Waals surface area contributed by atoms with Gasteiger partial charge < -0.3 is 14.7 Å². The predicted molar refractivity (Wildman–Crippen MR) is 69.1 cm³/mol. The number of rotatable bonds is 5. The van der Waals surface area contributed by atoms with Gasteiger partial charge in [-0.2, -0.15) is 0 Å². The van der Waals surface area contributed by atoms with Crippen LogP contribution in [0.15, 0.2) is 0 Å². The standard InChI is InChI=1S/C14H25NO3/c1-15(8-6-11-7-9-18-14(11)17)10-12-4-2-3-5-13(12)16/h11-13,16H,2-10H2,1H3. The third-order valence-corrected chi connectivity index (χ3v) is 4.32. The zero-order chi connectivity index (χ0) is 13.0. The Balaban J connectivity index is 1.68. The molecule has 0 aromatic heterocycles. The molecular formula is C14H25NO3. The average molecular weight is 255 g/mol. The Morgan fingerprint density at radius 3 is 2.78 bits per heavy atom. The lowest BCUT2D eigenvalue weighted by atomic mass is 9.86. The van der Waals surface area contributed by atoms with Crippen molar-refractivity contribution in [1.82, 2.24) is 4.90 Å². The van der Waals surface area contributed by atoms with Crippen molar-refractivity contribution in [2.45, 2.75) is 44.6 Å². The Morgan fingerprint density at radius 2 is 2.11 bits per heavy atom. The van der Waals surface area contributed by atoms with Crippen LogP contribution in [0.1, 0.15) is 38.5 Å². The summed E-state index contributed by atoms with van der Waals surface area (Å²) in [6.07, 6.45) is 6.12. The van der Waals surface area contributed by atoms with Crippen LogP contribution < -0.4 is 0 Å². The third kappa shape index (κ3) is 3.69. The van der Waals surface area contributed by atoms with E-state index < -0.39 is 0 Å². The van der Waals surface area contributed by atoms with Crippen LogP contribution in [0.2, 0.25) is 0 Å². The highest BCUT2D eigenvalue weighted by molar-refractivity contribution is 5.74. The van der Waals surface area contributed by atoms with Crippen molar-refractivity contribution < 1.29 is 14.6 Å². The van der Waals surface area contributed by atoms with Gasteiger partial charge in [0.1, 0.15) is 0 Å². The minimum Gasteiger partial charge on any atom is -0.465 e. The molecule has 18 heavy (non-hydrogen) atoms. The van der Waals surface area contributed by atoms with E-state index in [1.54, 1.807) is 0 Å². The van der Waals surface area contributed by atoms with Crippen molar-refractivity contribution in [2.24, 2.45) is 11.8 Å². The first-order valence-corrected chi connectivity index (χ1v) is 7.20. The molecule has 0 amide bonds. The summed E-state index contributed by atoms with van der Waals surface area (Å²) in [5.74, 6) is 0.490. The minimum atomic E-state index is -0.127. The lowest BCUT2D eigenvalue weighted by molar-refractivity contribution is -0.141. The summed E-state index contributed by atoms with van der Waals surface area (Å²) in [5.41, 5.74) is 0. The van der Waals surface area contributed by atoms with Crippen molar-refractivity contribution in [2.75, 3.05) is 26.7 Å². The third-order valence-electron chi connectivity index (χ3n) is 4.32. The van der Waals surface area contributed by atoms with E-state index in [0.29, 0.717) is 12.5 Å². The number of aliphatic hydroxyl groups excluding tert-OH is 1. The molecule has 0 bridgehead atoms. The van der Waals surface area contributed by atoms with Crippen molar-refractivity contribution in [3.8, 4) is 0 Å². The van der Waals surface area contributed by atoms with Gasteiger partial charge in [0.15, 0.2) is 0 Å². The molecule has 3 atom stereocenters. The largest absolute Gasteiger partial charge is 0.465 e. The first kappa shape index (κ1) is 13.8. The monoisotopic (exact) mass is 255 g/mol. The van der Waals surface area contributed by atoms with Crippen LogP contribution in [0.4, 0.5) is 0 Å². The highest BCUT2D eigenvalue weighted by Gasteiger charge is 2.27. The fourth-order valence-corrected chi connectivity index (χ4v) is 3.07. The normalized spacial score (nSPS) is 32.8. The first-order chi connectivity index (χ1) is 8.66. The number of hydrogen-bond acceptors (Lipinski definition) is 4. The Kier molecular flexibility index (Phi) is 5.01. The molecule has 1 saturated carbocycles. The summed E-state index contributed by atoms with van der Waals surface area (Å²) < 4.78 is 4.97. The second-order valence-corrected chi connectivity index (χ2v) is 5.82. The molecule has 1 aliphatic carbocycles. The summed E-state index contributed by atoms with van der Waals surface area (Å²) >= 11 is 0. The number of nitrogens with zero attached hydrogens (tertiary/aromatic N) is 1. The van der Waals surface area contributed by atoms with E-state index in [0.717, 1.165) is 45.2 Å². The number of esters is 1. The highest BCUT2D eigenvalue weighted by atomic mass is 16.5. The fourth-order valence-electron chi connectivity index (χ4n) is 3.07. The van der Waals surface area contributed by atoms with E-state index in [4.69, 9.17) is 4.74 Å². The summed E-state index contributed by atoms with van der Waals surface area (Å²) in [6, 6.07) is 0. The van der Waals surface area contributed by atoms with E-state index in [-0.39, 0.29) is 18.0 Å². The lowest BCUT2D eigenvalue weighted by Gasteiger charge is -2.31. The molecule has 2 aliphatic rings. The highest BCUT2D eigenvalue weighted by Crippen LogP contribution is 2.25. The van der Waals surface area contributed by atoms with Crippen LogP contribution in [0.5, 0.6) is 0 Å². The molecule has 2 rings (SSSR count). The molecule has 0 aromatic rings. The summed E-state index contributed by atoms with van der Waals surface area (Å²) in [7, 11) is 2.08. The summed E-state index contributed by atoms with van der Waals surface area (Å²) in [4.78, 5) is 13.6. The zero-order valence-electron chi connectivity index (χ0n) is 11.3. The smallest absolute Gasteiger partial charge is 0.309 e. The van der Waals surface area contributed by atoms with Crippen molar-refractivity contribution in [3.63, 3.8) is 0 Å². The molecule has 4 heteroatoms. The molecule has 0 aromatic carbocycles. The summed E-state index contributed by atoms with van der Waals surface area (Å²) in [5, 5.41) is 9.94. The van der Waals surface area contributed by atoms with E-state index in [9.17, 15) is 9.90 Å². The predicted octanol–water partition coefficient (Wildman–Crippen LogP) is 1.42. The average Bonchev–Trinajstić information content (AvgIpc) is 2.75. The SMILES string of the molecule is CN(CCC1CCOC1=O)CC1CCCCC1O. The van der Waals surface area contributed by atoms with E-state index >= 15 is 0 Å². The number of ether oxygens (including phenoxy) is 1. The molecule has 1 aliphatic heterocycles. The molecule has 0 radical (unpaired) electrons. The van der Waals surface area contributed by atoms with E-state index in [1.807, 2.05) is 0 Å². The zero-order valence-corrected chi connectivity index (χ0v) is 11.3. The van der Waals surface area contributed by atoms with E-state index in [2.05, 4.69) is 11.9 Å². The Bertz CT molecular complexity index is 282. The van der Waals surface area contributed by atoms with Gasteiger partial charge >= 0.3 is 5.97 Å². The fraction of sp³-hybridized carbons (Fsp3) is 0.929. The van der Waals surface area contributed by atoms with E-state index in [1.165, 1.54) is 6.42 Å². The lowest BCUT2D eigenvalue weighted by Crippen LogP contribution is -2.36. The Labute approximate surface area is 109 Å². The van der Waals surface area contributed by atoms with Gasteiger partial charge in [0.2, 0.25) is 0 Å². The Morgan fingerprint density at radius 1 is 1.33 bits per heavy atom. The molecule has 104 valence electrons. The van der Waals surface area contributed by atoms with Crippen LogP contribution in [-0.4, -0.2) is 48.8 Å². The van der Waals surface area contributed by atoms with Crippen LogP contribution in [0.25, 0.3) is 0 Å².